The van der Waals surface area contributed by atoms with E-state index in [2.05, 4.69) is 0 Å². The van der Waals surface area contributed by atoms with Crippen LogP contribution in [0.1, 0.15) is 18.9 Å². The number of ether oxygens (including phenoxy) is 1. The predicted molar refractivity (Wildman–Crippen MR) is 65.0 cm³/mol. The Balaban J connectivity index is 2.69. The zero-order valence-electron chi connectivity index (χ0n) is 9.93. The molecule has 1 rings (SSSR count). The van der Waals surface area contributed by atoms with E-state index in [0.717, 1.165) is 5.56 Å². The Hall–Kier alpha value is -0.940. The molecule has 0 aromatic heterocycles. The van der Waals surface area contributed by atoms with E-state index in [9.17, 15) is 13.2 Å². The average molecular weight is 282 g/mol. The van der Waals surface area contributed by atoms with Crippen molar-refractivity contribution in [3.63, 3.8) is 0 Å². The lowest BCUT2D eigenvalue weighted by atomic mass is 10.1. The normalized spacial score (nSPS) is 13.4. The van der Waals surface area contributed by atoms with Gasteiger partial charge in [-0.3, -0.25) is 0 Å². The van der Waals surface area contributed by atoms with Gasteiger partial charge in [0.15, 0.2) is 0 Å². The Morgan fingerprint density at radius 3 is 2.61 bits per heavy atom. The first kappa shape index (κ1) is 15.1. The molecule has 0 saturated carbocycles. The highest BCUT2D eigenvalue weighted by Gasteiger charge is 2.27. The molecule has 0 bridgehead atoms. The fraction of sp³-hybridized carbons (Fsp3) is 0.500. The van der Waals surface area contributed by atoms with Crippen LogP contribution in [-0.2, 0) is 6.42 Å². The van der Waals surface area contributed by atoms with E-state index in [1.165, 1.54) is 0 Å². The molecule has 1 aromatic carbocycles. The molecule has 0 aliphatic rings. The topological polar surface area (TPSA) is 35.2 Å². The Kier molecular flexibility index (Phi) is 5.28. The van der Waals surface area contributed by atoms with Crippen LogP contribution < -0.4 is 10.5 Å². The summed E-state index contributed by atoms with van der Waals surface area (Å²) in [5, 5.41) is 0.508. The summed E-state index contributed by atoms with van der Waals surface area (Å²) in [6, 6.07) is 4.69. The van der Waals surface area contributed by atoms with Crippen LogP contribution in [0.15, 0.2) is 18.2 Å². The van der Waals surface area contributed by atoms with Gasteiger partial charge in [0.1, 0.15) is 5.75 Å². The first-order valence-electron chi connectivity index (χ1n) is 5.51. The molecule has 1 aromatic rings. The average Bonchev–Trinajstić information content (AvgIpc) is 2.18. The van der Waals surface area contributed by atoms with Crippen LogP contribution in [0.2, 0.25) is 5.02 Å². The first-order chi connectivity index (χ1) is 8.28. The van der Waals surface area contributed by atoms with E-state index in [1.54, 1.807) is 25.1 Å². The van der Waals surface area contributed by atoms with Crippen molar-refractivity contribution in [3.05, 3.63) is 28.8 Å². The second-order valence-corrected chi connectivity index (χ2v) is 4.58. The standard InChI is InChI=1S/C12H15ClF3NO/c1-8(17)6-9-7-10(13)2-3-11(9)18-5-4-12(14,15)16/h2-3,7-8H,4-6,17H2,1H3. The zero-order valence-corrected chi connectivity index (χ0v) is 10.7. The molecule has 0 fully saturated rings. The van der Waals surface area contributed by atoms with Gasteiger partial charge in [0.25, 0.3) is 0 Å². The summed E-state index contributed by atoms with van der Waals surface area (Å²) in [6.45, 7) is 1.40. The minimum absolute atomic E-state index is 0.117. The van der Waals surface area contributed by atoms with Gasteiger partial charge >= 0.3 is 6.18 Å². The van der Waals surface area contributed by atoms with Crippen molar-refractivity contribution in [3.8, 4) is 5.75 Å². The summed E-state index contributed by atoms with van der Waals surface area (Å²) in [6.07, 6.45) is -4.69. The Bertz CT molecular complexity index is 393. The first-order valence-corrected chi connectivity index (χ1v) is 5.89. The minimum atomic E-state index is -4.21. The Labute approximate surface area is 109 Å². The van der Waals surface area contributed by atoms with Crippen LogP contribution in [0.4, 0.5) is 13.2 Å². The third-order valence-corrected chi connectivity index (χ3v) is 2.44. The number of nitrogens with two attached hydrogens (primary N) is 1. The number of hydrogen-bond donors (Lipinski definition) is 1. The van der Waals surface area contributed by atoms with Crippen molar-refractivity contribution in [2.75, 3.05) is 6.61 Å². The van der Waals surface area contributed by atoms with Gasteiger partial charge in [0, 0.05) is 11.1 Å². The van der Waals surface area contributed by atoms with Gasteiger partial charge < -0.3 is 10.5 Å². The molecule has 0 heterocycles. The fourth-order valence-electron chi connectivity index (χ4n) is 1.47. The fourth-order valence-corrected chi connectivity index (χ4v) is 1.67. The maximum absolute atomic E-state index is 12.0. The van der Waals surface area contributed by atoms with Crippen LogP contribution >= 0.6 is 11.6 Å². The van der Waals surface area contributed by atoms with Gasteiger partial charge in [-0.2, -0.15) is 13.2 Å². The van der Waals surface area contributed by atoms with E-state index >= 15 is 0 Å². The maximum Gasteiger partial charge on any atom is 0.392 e. The minimum Gasteiger partial charge on any atom is -0.493 e. The quantitative estimate of drug-likeness (QED) is 0.896. The molecule has 0 spiro atoms. The van der Waals surface area contributed by atoms with Gasteiger partial charge in [-0.05, 0) is 37.1 Å². The lowest BCUT2D eigenvalue weighted by molar-refractivity contribution is -0.139. The van der Waals surface area contributed by atoms with E-state index in [0.29, 0.717) is 17.2 Å². The van der Waals surface area contributed by atoms with Gasteiger partial charge in [0.2, 0.25) is 0 Å². The molecular formula is C12H15ClF3NO. The molecule has 0 aliphatic carbocycles. The summed E-state index contributed by atoms with van der Waals surface area (Å²) in [5.41, 5.74) is 6.38. The van der Waals surface area contributed by atoms with Gasteiger partial charge in [0.05, 0.1) is 13.0 Å². The molecule has 102 valence electrons. The van der Waals surface area contributed by atoms with E-state index in [1.807, 2.05) is 0 Å². The molecule has 2 N–H and O–H groups in total. The zero-order chi connectivity index (χ0) is 13.8. The van der Waals surface area contributed by atoms with Crippen molar-refractivity contribution < 1.29 is 17.9 Å². The van der Waals surface area contributed by atoms with Gasteiger partial charge in [-0.15, -0.1) is 0 Å². The van der Waals surface area contributed by atoms with E-state index < -0.39 is 19.2 Å². The van der Waals surface area contributed by atoms with E-state index in [-0.39, 0.29) is 6.04 Å². The monoisotopic (exact) mass is 281 g/mol. The second kappa shape index (κ2) is 6.29. The van der Waals surface area contributed by atoms with Crippen LogP contribution in [-0.4, -0.2) is 18.8 Å². The third-order valence-electron chi connectivity index (χ3n) is 2.21. The molecular weight excluding hydrogens is 267 g/mol. The Morgan fingerprint density at radius 2 is 2.06 bits per heavy atom. The van der Waals surface area contributed by atoms with Crippen LogP contribution in [0, 0.1) is 0 Å². The molecule has 0 amide bonds. The number of alkyl halides is 3. The van der Waals surface area contributed by atoms with E-state index in [4.69, 9.17) is 22.1 Å². The van der Waals surface area contributed by atoms with Crippen LogP contribution in [0.25, 0.3) is 0 Å². The molecule has 18 heavy (non-hydrogen) atoms. The molecule has 1 atom stereocenters. The lowest BCUT2D eigenvalue weighted by Gasteiger charge is -2.14. The molecule has 2 nitrogen and oxygen atoms in total. The van der Waals surface area contributed by atoms with Gasteiger partial charge in [-0.25, -0.2) is 0 Å². The third kappa shape index (κ3) is 5.60. The summed E-state index contributed by atoms with van der Waals surface area (Å²) >= 11 is 5.83. The van der Waals surface area contributed by atoms with Crippen molar-refractivity contribution in [2.24, 2.45) is 5.73 Å². The highest BCUT2D eigenvalue weighted by atomic mass is 35.5. The lowest BCUT2D eigenvalue weighted by Crippen LogP contribution is -2.19. The molecule has 1 unspecified atom stereocenters. The highest BCUT2D eigenvalue weighted by Crippen LogP contribution is 2.26. The van der Waals surface area contributed by atoms with Crippen molar-refractivity contribution in [1.82, 2.24) is 0 Å². The van der Waals surface area contributed by atoms with Crippen molar-refractivity contribution in [1.29, 1.82) is 0 Å². The number of hydrogen-bond acceptors (Lipinski definition) is 2. The number of halogens is 4. The summed E-state index contributed by atoms with van der Waals surface area (Å²) in [5.74, 6) is 0.404. The Morgan fingerprint density at radius 1 is 1.39 bits per heavy atom. The second-order valence-electron chi connectivity index (χ2n) is 4.15. The summed E-state index contributed by atoms with van der Waals surface area (Å²) < 4.78 is 41.2. The highest BCUT2D eigenvalue weighted by molar-refractivity contribution is 6.30. The summed E-state index contributed by atoms with van der Waals surface area (Å²) in [4.78, 5) is 0. The molecule has 6 heteroatoms. The summed E-state index contributed by atoms with van der Waals surface area (Å²) in [7, 11) is 0. The largest absolute Gasteiger partial charge is 0.493 e. The van der Waals surface area contributed by atoms with Gasteiger partial charge in [-0.1, -0.05) is 11.6 Å². The molecule has 0 radical (unpaired) electrons. The molecule has 0 aliphatic heterocycles. The van der Waals surface area contributed by atoms with Crippen LogP contribution in [0.3, 0.4) is 0 Å². The number of benzene rings is 1. The van der Waals surface area contributed by atoms with Crippen molar-refractivity contribution in [2.45, 2.75) is 32.0 Å². The SMILES string of the molecule is CC(N)Cc1cc(Cl)ccc1OCCC(F)(F)F. The molecule has 0 saturated heterocycles. The van der Waals surface area contributed by atoms with Crippen molar-refractivity contribution >= 4 is 11.6 Å². The smallest absolute Gasteiger partial charge is 0.392 e. The number of rotatable bonds is 5. The predicted octanol–water partition coefficient (Wildman–Crippen LogP) is 3.56. The maximum atomic E-state index is 12.0. The van der Waals surface area contributed by atoms with Crippen LogP contribution in [0.5, 0.6) is 5.75 Å².